The van der Waals surface area contributed by atoms with E-state index in [4.69, 9.17) is 11.1 Å². The maximum atomic E-state index is 7.18. The summed E-state index contributed by atoms with van der Waals surface area (Å²) < 4.78 is 0. The summed E-state index contributed by atoms with van der Waals surface area (Å²) in [6.07, 6.45) is 11.1. The van der Waals surface area contributed by atoms with Crippen LogP contribution in [0.3, 0.4) is 0 Å². The summed E-state index contributed by atoms with van der Waals surface area (Å²) >= 11 is 0. The minimum atomic E-state index is 0.205. The topological polar surface area (TPSA) is 49.9 Å². The Balaban J connectivity index is 3.29. The Kier molecular flexibility index (Phi) is 8.30. The number of nitrogens with one attached hydrogen (secondary N) is 1. The molecule has 2 nitrogen and oxygen atoms in total. The number of amidine groups is 1. The van der Waals surface area contributed by atoms with Crippen molar-refractivity contribution in [3.63, 3.8) is 0 Å². The molecule has 0 aliphatic heterocycles. The fourth-order valence-corrected chi connectivity index (χ4v) is 1.35. The molecule has 0 heterocycles. The smallest absolute Gasteiger partial charge is 0.117 e. The largest absolute Gasteiger partial charge is 0.384 e. The monoisotopic (exact) mass is 196 g/mol. The van der Waals surface area contributed by atoms with E-state index in [1.807, 2.05) is 6.92 Å². The molecule has 0 radical (unpaired) electrons. The molecule has 2 heteroatoms. The first kappa shape index (κ1) is 13.2. The van der Waals surface area contributed by atoms with Gasteiger partial charge in [0.05, 0.1) is 0 Å². The molecule has 0 aliphatic carbocycles. The Morgan fingerprint density at radius 2 is 1.71 bits per heavy atom. The summed E-state index contributed by atoms with van der Waals surface area (Å²) in [5.74, 6) is 0.205. The maximum Gasteiger partial charge on any atom is 0.117 e. The Morgan fingerprint density at radius 3 is 2.29 bits per heavy atom. The summed E-state index contributed by atoms with van der Waals surface area (Å²) in [4.78, 5) is 0. The van der Waals surface area contributed by atoms with Crippen LogP contribution < -0.4 is 5.73 Å². The van der Waals surface area contributed by atoms with E-state index in [1.165, 1.54) is 38.5 Å². The number of allylic oxidation sites excluding steroid dienone is 1. The van der Waals surface area contributed by atoms with Crippen molar-refractivity contribution in [3.05, 3.63) is 11.6 Å². The lowest BCUT2D eigenvalue weighted by molar-refractivity contribution is 0.611. The molecule has 0 rings (SSSR count). The Labute approximate surface area is 88.1 Å². The van der Waals surface area contributed by atoms with Gasteiger partial charge in [-0.15, -0.1) is 0 Å². The number of rotatable bonds is 8. The van der Waals surface area contributed by atoms with Gasteiger partial charge in [0.2, 0.25) is 0 Å². The van der Waals surface area contributed by atoms with Crippen LogP contribution in [0.5, 0.6) is 0 Å². The second-order valence-electron chi connectivity index (χ2n) is 3.86. The van der Waals surface area contributed by atoms with Gasteiger partial charge in [-0.1, -0.05) is 45.1 Å². The molecule has 0 unspecified atom stereocenters. The van der Waals surface area contributed by atoms with Crippen molar-refractivity contribution in [2.24, 2.45) is 5.73 Å². The van der Waals surface area contributed by atoms with Crippen molar-refractivity contribution in [1.82, 2.24) is 0 Å². The standard InChI is InChI=1S/C12H24N2/c1-3-4-5-6-7-8-9-10-11(2)12(13)14/h10H,3-9H2,1-2H3,(H3,13,14). The van der Waals surface area contributed by atoms with Crippen LogP contribution in [0.4, 0.5) is 0 Å². The normalized spacial score (nSPS) is 11.7. The highest BCUT2D eigenvalue weighted by atomic mass is 14.7. The molecule has 0 bridgehead atoms. The van der Waals surface area contributed by atoms with Gasteiger partial charge in [-0.2, -0.15) is 0 Å². The number of hydrogen-bond donors (Lipinski definition) is 2. The van der Waals surface area contributed by atoms with Crippen LogP contribution in [0.2, 0.25) is 0 Å². The second-order valence-corrected chi connectivity index (χ2v) is 3.86. The van der Waals surface area contributed by atoms with Crippen LogP contribution in [0, 0.1) is 5.41 Å². The molecule has 14 heavy (non-hydrogen) atoms. The molecule has 0 aromatic rings. The second kappa shape index (κ2) is 8.79. The molecule has 0 fully saturated rings. The van der Waals surface area contributed by atoms with Gasteiger partial charge < -0.3 is 5.73 Å². The third-order valence-electron chi connectivity index (χ3n) is 2.43. The summed E-state index contributed by atoms with van der Waals surface area (Å²) in [7, 11) is 0. The van der Waals surface area contributed by atoms with Gasteiger partial charge >= 0.3 is 0 Å². The number of unbranched alkanes of at least 4 members (excludes halogenated alkanes) is 6. The van der Waals surface area contributed by atoms with Gasteiger partial charge in [0, 0.05) is 0 Å². The van der Waals surface area contributed by atoms with Crippen LogP contribution in [-0.4, -0.2) is 5.84 Å². The molecule has 0 aromatic carbocycles. The molecular formula is C12H24N2. The molecule has 0 aromatic heterocycles. The SMILES string of the molecule is CCCCCCCCC=C(C)C(=N)N. The van der Waals surface area contributed by atoms with E-state index in [1.54, 1.807) is 0 Å². The van der Waals surface area contributed by atoms with Crippen LogP contribution in [0.25, 0.3) is 0 Å². The molecular weight excluding hydrogens is 172 g/mol. The molecule has 0 saturated heterocycles. The van der Waals surface area contributed by atoms with Crippen molar-refractivity contribution in [1.29, 1.82) is 5.41 Å². The summed E-state index contributed by atoms with van der Waals surface area (Å²) in [6.45, 7) is 4.14. The van der Waals surface area contributed by atoms with Gasteiger partial charge in [0.15, 0.2) is 0 Å². The Morgan fingerprint density at radius 1 is 1.14 bits per heavy atom. The quantitative estimate of drug-likeness (QED) is 0.348. The van der Waals surface area contributed by atoms with Crippen LogP contribution >= 0.6 is 0 Å². The predicted octanol–water partition coefficient (Wildman–Crippen LogP) is 3.62. The van der Waals surface area contributed by atoms with Crippen molar-refractivity contribution in [2.75, 3.05) is 0 Å². The van der Waals surface area contributed by atoms with Gasteiger partial charge in [-0.05, 0) is 25.3 Å². The minimum Gasteiger partial charge on any atom is -0.384 e. The van der Waals surface area contributed by atoms with Gasteiger partial charge in [0.25, 0.3) is 0 Å². The fourth-order valence-electron chi connectivity index (χ4n) is 1.35. The predicted molar refractivity (Wildman–Crippen MR) is 63.7 cm³/mol. The van der Waals surface area contributed by atoms with Crippen LogP contribution in [-0.2, 0) is 0 Å². The maximum absolute atomic E-state index is 7.18. The molecule has 0 spiro atoms. The van der Waals surface area contributed by atoms with E-state index in [2.05, 4.69) is 13.0 Å². The van der Waals surface area contributed by atoms with Crippen LogP contribution in [0.1, 0.15) is 58.8 Å². The molecule has 0 saturated carbocycles. The van der Waals surface area contributed by atoms with Gasteiger partial charge in [-0.3, -0.25) is 5.41 Å². The molecule has 82 valence electrons. The third-order valence-corrected chi connectivity index (χ3v) is 2.43. The number of nitrogens with two attached hydrogens (primary N) is 1. The van der Waals surface area contributed by atoms with E-state index in [0.717, 1.165) is 12.0 Å². The van der Waals surface area contributed by atoms with Crippen molar-refractivity contribution < 1.29 is 0 Å². The highest BCUT2D eigenvalue weighted by Crippen LogP contribution is 2.08. The molecule has 0 amide bonds. The van der Waals surface area contributed by atoms with E-state index < -0.39 is 0 Å². The molecule has 3 N–H and O–H groups in total. The number of hydrogen-bond acceptors (Lipinski definition) is 1. The van der Waals surface area contributed by atoms with Gasteiger partial charge in [-0.25, -0.2) is 0 Å². The average Bonchev–Trinajstić information content (AvgIpc) is 2.16. The summed E-state index contributed by atoms with van der Waals surface area (Å²) in [5.41, 5.74) is 6.25. The summed E-state index contributed by atoms with van der Waals surface area (Å²) in [5, 5.41) is 7.18. The first-order valence-corrected chi connectivity index (χ1v) is 5.69. The van der Waals surface area contributed by atoms with Crippen molar-refractivity contribution in [2.45, 2.75) is 58.8 Å². The zero-order valence-corrected chi connectivity index (χ0v) is 9.60. The highest BCUT2D eigenvalue weighted by molar-refractivity contribution is 5.93. The van der Waals surface area contributed by atoms with E-state index in [9.17, 15) is 0 Å². The Bertz CT molecular complexity index is 183. The van der Waals surface area contributed by atoms with Crippen molar-refractivity contribution in [3.8, 4) is 0 Å². The first-order valence-electron chi connectivity index (χ1n) is 5.69. The minimum absolute atomic E-state index is 0.205. The fraction of sp³-hybridized carbons (Fsp3) is 0.750. The lowest BCUT2D eigenvalue weighted by Gasteiger charge is -1.99. The lowest BCUT2D eigenvalue weighted by Crippen LogP contribution is -2.10. The third kappa shape index (κ3) is 7.84. The van der Waals surface area contributed by atoms with Gasteiger partial charge in [0.1, 0.15) is 5.84 Å². The molecule has 0 atom stereocenters. The van der Waals surface area contributed by atoms with E-state index in [0.29, 0.717) is 0 Å². The Hall–Kier alpha value is -0.790. The zero-order chi connectivity index (χ0) is 10.8. The van der Waals surface area contributed by atoms with E-state index >= 15 is 0 Å². The first-order chi connectivity index (χ1) is 6.68. The van der Waals surface area contributed by atoms with E-state index in [-0.39, 0.29) is 5.84 Å². The average molecular weight is 196 g/mol. The van der Waals surface area contributed by atoms with Crippen molar-refractivity contribution >= 4 is 5.84 Å². The van der Waals surface area contributed by atoms with Crippen LogP contribution in [0.15, 0.2) is 11.6 Å². The lowest BCUT2D eigenvalue weighted by atomic mass is 10.1. The molecule has 0 aliphatic rings. The highest BCUT2D eigenvalue weighted by Gasteiger charge is 1.92. The summed E-state index contributed by atoms with van der Waals surface area (Å²) in [6, 6.07) is 0. The zero-order valence-electron chi connectivity index (χ0n) is 9.60.